The summed E-state index contributed by atoms with van der Waals surface area (Å²) in [5.74, 6) is -3.24. The van der Waals surface area contributed by atoms with Crippen LogP contribution in [0.3, 0.4) is 0 Å². The zero-order valence-corrected chi connectivity index (χ0v) is 9.77. The first-order valence-corrected chi connectivity index (χ1v) is 5.02. The molecule has 1 aromatic carbocycles. The monoisotopic (exact) mass is 271 g/mol. The maximum atomic E-state index is 13.3. The van der Waals surface area contributed by atoms with Gasteiger partial charge in [0.2, 0.25) is 5.91 Å². The van der Waals surface area contributed by atoms with Gasteiger partial charge in [0.15, 0.2) is 0 Å². The van der Waals surface area contributed by atoms with E-state index >= 15 is 0 Å². The fourth-order valence-corrected chi connectivity index (χ4v) is 1.28. The van der Waals surface area contributed by atoms with Crippen molar-refractivity contribution in [2.45, 2.75) is 0 Å². The molecule has 0 saturated carbocycles. The normalized spacial score (nSPS) is 9.79. The van der Waals surface area contributed by atoms with Crippen LogP contribution in [0.4, 0.5) is 15.8 Å². The molecule has 0 bridgehead atoms. The molecule has 1 aromatic rings. The molecule has 1 rings (SSSR count). The van der Waals surface area contributed by atoms with E-state index in [1.54, 1.807) is 0 Å². The lowest BCUT2D eigenvalue weighted by molar-refractivity contribution is -0.384. The number of carboxylic acid groups (broad SMARTS) is 1. The van der Waals surface area contributed by atoms with Crippen LogP contribution in [-0.4, -0.2) is 35.5 Å². The van der Waals surface area contributed by atoms with Crippen molar-refractivity contribution >= 4 is 23.3 Å². The van der Waals surface area contributed by atoms with Gasteiger partial charge in [-0.15, -0.1) is 0 Å². The summed E-state index contributed by atoms with van der Waals surface area (Å²) in [6.07, 6.45) is 0. The number of nitro groups is 1. The number of carboxylic acids is 1. The van der Waals surface area contributed by atoms with Gasteiger partial charge < -0.3 is 15.7 Å². The third-order valence-electron chi connectivity index (χ3n) is 2.23. The van der Waals surface area contributed by atoms with Crippen LogP contribution in [0.5, 0.6) is 0 Å². The summed E-state index contributed by atoms with van der Waals surface area (Å²) in [6, 6.07) is 1.27. The lowest BCUT2D eigenvalue weighted by Crippen LogP contribution is -2.26. The minimum Gasteiger partial charge on any atom is -0.478 e. The molecule has 0 unspecified atom stereocenters. The quantitative estimate of drug-likeness (QED) is 0.532. The molecule has 1 amide bonds. The molecule has 9 heteroatoms. The third kappa shape index (κ3) is 3.37. The van der Waals surface area contributed by atoms with E-state index in [2.05, 4.69) is 10.6 Å². The van der Waals surface area contributed by atoms with Gasteiger partial charge in [-0.25, -0.2) is 9.18 Å². The van der Waals surface area contributed by atoms with Gasteiger partial charge in [-0.2, -0.15) is 0 Å². The van der Waals surface area contributed by atoms with Crippen molar-refractivity contribution < 1.29 is 24.0 Å². The van der Waals surface area contributed by atoms with Gasteiger partial charge in [0.25, 0.3) is 5.69 Å². The Bertz CT molecular complexity index is 546. The van der Waals surface area contributed by atoms with E-state index in [0.29, 0.717) is 6.07 Å². The first-order valence-electron chi connectivity index (χ1n) is 5.02. The van der Waals surface area contributed by atoms with Crippen molar-refractivity contribution in [3.05, 3.63) is 33.6 Å². The average Bonchev–Trinajstić information content (AvgIpc) is 2.35. The molecule has 0 aromatic heterocycles. The predicted octanol–water partition coefficient (Wildman–Crippen LogP) is 0.590. The number of halogens is 1. The van der Waals surface area contributed by atoms with Gasteiger partial charge in [0, 0.05) is 7.05 Å². The second-order valence-corrected chi connectivity index (χ2v) is 3.44. The largest absolute Gasteiger partial charge is 0.478 e. The number of rotatable bonds is 5. The molecule has 0 atom stereocenters. The highest BCUT2D eigenvalue weighted by Crippen LogP contribution is 2.27. The topological polar surface area (TPSA) is 122 Å². The maximum Gasteiger partial charge on any atom is 0.338 e. The highest BCUT2D eigenvalue weighted by atomic mass is 19.1. The number of aromatic carboxylic acids is 1. The van der Waals surface area contributed by atoms with Crippen LogP contribution in [0, 0.1) is 15.9 Å². The SMILES string of the molecule is CNC(=O)CNc1cc(C(=O)O)c(F)cc1[N+](=O)[O-]. The van der Waals surface area contributed by atoms with E-state index in [1.165, 1.54) is 7.05 Å². The van der Waals surface area contributed by atoms with Gasteiger partial charge in [0.05, 0.1) is 23.1 Å². The molecule has 0 aliphatic rings. The number of hydrogen-bond acceptors (Lipinski definition) is 5. The number of amides is 1. The summed E-state index contributed by atoms with van der Waals surface area (Å²) in [4.78, 5) is 31.6. The van der Waals surface area contributed by atoms with Crippen LogP contribution < -0.4 is 10.6 Å². The Labute approximate surface area is 106 Å². The lowest BCUT2D eigenvalue weighted by atomic mass is 10.1. The van der Waals surface area contributed by atoms with E-state index in [9.17, 15) is 24.1 Å². The van der Waals surface area contributed by atoms with E-state index in [4.69, 9.17) is 5.11 Å². The smallest absolute Gasteiger partial charge is 0.338 e. The molecule has 102 valence electrons. The standard InChI is InChI=1S/C10H10FN3O5/c1-12-9(15)4-13-7-2-5(10(16)17)6(11)3-8(7)14(18)19/h2-3,13H,4H2,1H3,(H,12,15)(H,16,17). The minimum absolute atomic E-state index is 0.243. The van der Waals surface area contributed by atoms with Gasteiger partial charge >= 0.3 is 5.97 Å². The number of carbonyl (C=O) groups excluding carboxylic acids is 1. The molecule has 0 heterocycles. The van der Waals surface area contributed by atoms with E-state index in [1.807, 2.05) is 0 Å². The Kier molecular flexibility index (Phi) is 4.35. The summed E-state index contributed by atoms with van der Waals surface area (Å²) < 4.78 is 13.3. The Morgan fingerprint density at radius 3 is 2.58 bits per heavy atom. The molecule has 0 aliphatic carbocycles. The molecule has 0 fully saturated rings. The minimum atomic E-state index is -1.56. The molecule has 0 radical (unpaired) electrons. The van der Waals surface area contributed by atoms with E-state index in [-0.39, 0.29) is 12.2 Å². The van der Waals surface area contributed by atoms with Gasteiger partial charge in [-0.1, -0.05) is 0 Å². The molecular weight excluding hydrogens is 261 g/mol. The molecule has 3 N–H and O–H groups in total. The van der Waals surface area contributed by atoms with Gasteiger partial charge in [-0.05, 0) is 6.07 Å². The molecular formula is C10H10FN3O5. The number of anilines is 1. The molecule has 19 heavy (non-hydrogen) atoms. The maximum absolute atomic E-state index is 13.3. The summed E-state index contributed by atoms with van der Waals surface area (Å²) in [5.41, 5.74) is -1.61. The predicted molar refractivity (Wildman–Crippen MR) is 62.6 cm³/mol. The van der Waals surface area contributed by atoms with Crippen LogP contribution in [0.25, 0.3) is 0 Å². The highest BCUT2D eigenvalue weighted by Gasteiger charge is 2.21. The fourth-order valence-electron chi connectivity index (χ4n) is 1.28. The zero-order valence-electron chi connectivity index (χ0n) is 9.77. The van der Waals surface area contributed by atoms with Crippen molar-refractivity contribution in [1.82, 2.24) is 5.32 Å². The molecule has 8 nitrogen and oxygen atoms in total. The Morgan fingerprint density at radius 1 is 1.47 bits per heavy atom. The number of likely N-dealkylation sites (N-methyl/N-ethyl adjacent to an activating group) is 1. The van der Waals surface area contributed by atoms with Crippen molar-refractivity contribution in [3.63, 3.8) is 0 Å². The summed E-state index contributed by atoms with van der Waals surface area (Å²) in [7, 11) is 1.37. The molecule has 0 spiro atoms. The van der Waals surface area contributed by atoms with Crippen LogP contribution in [0.1, 0.15) is 10.4 Å². The second-order valence-electron chi connectivity index (χ2n) is 3.44. The lowest BCUT2D eigenvalue weighted by Gasteiger charge is -2.08. The number of hydrogen-bond donors (Lipinski definition) is 3. The van der Waals surface area contributed by atoms with E-state index in [0.717, 1.165) is 6.07 Å². The first kappa shape index (κ1) is 14.4. The summed E-state index contributed by atoms with van der Waals surface area (Å²) >= 11 is 0. The number of nitrogens with zero attached hydrogens (tertiary/aromatic N) is 1. The first-order chi connectivity index (χ1) is 8.86. The Hall–Kier alpha value is -2.71. The number of nitro benzene ring substituents is 1. The number of carbonyl (C=O) groups is 2. The van der Waals surface area contributed by atoms with Gasteiger partial charge in [-0.3, -0.25) is 14.9 Å². The van der Waals surface area contributed by atoms with Crippen molar-refractivity contribution in [1.29, 1.82) is 0 Å². The average molecular weight is 271 g/mol. The summed E-state index contributed by atoms with van der Waals surface area (Å²) in [5, 5.41) is 24.1. The zero-order chi connectivity index (χ0) is 14.6. The van der Waals surface area contributed by atoms with Crippen molar-refractivity contribution in [2.24, 2.45) is 0 Å². The number of nitrogens with one attached hydrogen (secondary N) is 2. The highest BCUT2D eigenvalue weighted by molar-refractivity contribution is 5.91. The van der Waals surface area contributed by atoms with E-state index < -0.39 is 33.9 Å². The van der Waals surface area contributed by atoms with Crippen molar-refractivity contribution in [3.8, 4) is 0 Å². The Morgan fingerprint density at radius 2 is 2.11 bits per heavy atom. The number of benzene rings is 1. The van der Waals surface area contributed by atoms with Crippen molar-refractivity contribution in [2.75, 3.05) is 18.9 Å². The summed E-state index contributed by atoms with van der Waals surface area (Å²) in [6.45, 7) is -0.304. The van der Waals surface area contributed by atoms with Crippen LogP contribution in [0.15, 0.2) is 12.1 Å². The van der Waals surface area contributed by atoms with Crippen LogP contribution in [-0.2, 0) is 4.79 Å². The fraction of sp³-hybridized carbons (Fsp3) is 0.200. The Balaban J connectivity index is 3.18. The third-order valence-corrected chi connectivity index (χ3v) is 2.23. The van der Waals surface area contributed by atoms with Crippen LogP contribution in [0.2, 0.25) is 0 Å². The second kappa shape index (κ2) is 5.76. The molecule has 0 aliphatic heterocycles. The van der Waals surface area contributed by atoms with Crippen LogP contribution >= 0.6 is 0 Å². The molecule has 0 saturated heterocycles. The van der Waals surface area contributed by atoms with Gasteiger partial charge in [0.1, 0.15) is 11.5 Å².